The molecule has 0 aromatic rings. The molecule has 0 bridgehead atoms. The number of aliphatic hydroxyl groups is 4. The van der Waals surface area contributed by atoms with Gasteiger partial charge in [0.25, 0.3) is 0 Å². The van der Waals surface area contributed by atoms with Crippen molar-refractivity contribution in [1.82, 2.24) is 0 Å². The summed E-state index contributed by atoms with van der Waals surface area (Å²) >= 11 is 17.4. The smallest absolute Gasteiger partial charge is 0.156 e. The molecule has 0 aliphatic rings. The van der Waals surface area contributed by atoms with Gasteiger partial charge in [-0.05, 0) is 74.6 Å². The SMILES string of the molecule is CCCC(O)=S.CCCC(O)=S.CCCC(O)=S.CCCC(O)=S. The summed E-state index contributed by atoms with van der Waals surface area (Å²) in [6.07, 6.45) is 6.41. The van der Waals surface area contributed by atoms with E-state index in [4.69, 9.17) is 20.4 Å². The molecule has 0 saturated heterocycles. The molecule has 24 heavy (non-hydrogen) atoms. The van der Waals surface area contributed by atoms with Gasteiger partial charge in [0.05, 0.1) is 0 Å². The van der Waals surface area contributed by atoms with Crippen molar-refractivity contribution in [2.75, 3.05) is 0 Å². The maximum Gasteiger partial charge on any atom is 0.156 e. The quantitative estimate of drug-likeness (QED) is 0.326. The minimum Gasteiger partial charge on any atom is -0.502 e. The van der Waals surface area contributed by atoms with Gasteiger partial charge in [-0.1, -0.05) is 27.7 Å². The Morgan fingerprint density at radius 2 is 0.583 bits per heavy atom. The molecule has 144 valence electrons. The lowest BCUT2D eigenvalue weighted by Crippen LogP contribution is -1.86. The number of hydrogen-bond acceptors (Lipinski definition) is 4. The first-order valence-electron chi connectivity index (χ1n) is 7.95. The molecule has 0 heterocycles. The van der Waals surface area contributed by atoms with E-state index in [0.29, 0.717) is 25.7 Å². The van der Waals surface area contributed by atoms with Crippen LogP contribution in [-0.4, -0.2) is 40.6 Å². The van der Waals surface area contributed by atoms with Gasteiger partial charge in [-0.25, -0.2) is 0 Å². The standard InChI is InChI=1S/4C4H8OS/c4*1-2-3-4(5)6/h4*2-3H2,1H3,(H,5,6). The first-order valence-corrected chi connectivity index (χ1v) is 9.59. The van der Waals surface area contributed by atoms with Crippen molar-refractivity contribution in [3.8, 4) is 0 Å². The normalized spacial score (nSPS) is 8.17. The van der Waals surface area contributed by atoms with Gasteiger partial charge in [-0.15, -0.1) is 0 Å². The minimum absolute atomic E-state index is 0.123. The predicted molar refractivity (Wildman–Crippen MR) is 121 cm³/mol. The lowest BCUT2D eigenvalue weighted by atomic mass is 10.4. The molecule has 0 spiro atoms. The van der Waals surface area contributed by atoms with Crippen LogP contribution >= 0.6 is 48.9 Å². The van der Waals surface area contributed by atoms with Gasteiger partial charge >= 0.3 is 0 Å². The number of rotatable bonds is 8. The van der Waals surface area contributed by atoms with Crippen LogP contribution in [0.1, 0.15) is 79.1 Å². The second-order valence-electron chi connectivity index (χ2n) is 4.57. The van der Waals surface area contributed by atoms with E-state index in [1.807, 2.05) is 27.7 Å². The lowest BCUT2D eigenvalue weighted by Gasteiger charge is -1.84. The highest BCUT2D eigenvalue weighted by atomic mass is 32.1. The second-order valence-corrected chi connectivity index (χ2v) is 6.46. The molecule has 0 aliphatic heterocycles. The Hall–Kier alpha value is -0.440. The zero-order valence-corrected chi connectivity index (χ0v) is 18.3. The molecule has 0 unspecified atom stereocenters. The summed E-state index contributed by atoms with van der Waals surface area (Å²) in [6.45, 7) is 7.90. The fraction of sp³-hybridized carbons (Fsp3) is 0.750. The van der Waals surface area contributed by atoms with Gasteiger partial charge in [0.2, 0.25) is 0 Å². The van der Waals surface area contributed by atoms with Gasteiger partial charge in [-0.2, -0.15) is 0 Å². The maximum atomic E-state index is 8.28. The first-order chi connectivity index (χ1) is 11.1. The van der Waals surface area contributed by atoms with E-state index in [0.717, 1.165) is 25.7 Å². The topological polar surface area (TPSA) is 80.9 Å². The third kappa shape index (κ3) is 68.2. The molecule has 0 rings (SSSR count). The molecule has 0 fully saturated rings. The molecule has 4 nitrogen and oxygen atoms in total. The van der Waals surface area contributed by atoms with E-state index in [2.05, 4.69) is 48.9 Å². The van der Waals surface area contributed by atoms with E-state index < -0.39 is 0 Å². The molecular formula is C16H32O4S4. The Kier molecular flexibility index (Phi) is 35.8. The Balaban J connectivity index is -0.000000111. The van der Waals surface area contributed by atoms with Crippen molar-refractivity contribution in [2.24, 2.45) is 0 Å². The summed E-state index contributed by atoms with van der Waals surface area (Å²) < 4.78 is 0. The third-order valence-corrected chi connectivity index (χ3v) is 2.67. The van der Waals surface area contributed by atoms with E-state index in [-0.39, 0.29) is 20.2 Å². The van der Waals surface area contributed by atoms with Crippen LogP contribution in [-0.2, 0) is 0 Å². The second kappa shape index (κ2) is 27.4. The van der Waals surface area contributed by atoms with Crippen LogP contribution in [0.3, 0.4) is 0 Å². The van der Waals surface area contributed by atoms with Gasteiger partial charge in [0, 0.05) is 25.7 Å². The highest BCUT2D eigenvalue weighted by Gasteiger charge is 1.83. The van der Waals surface area contributed by atoms with Crippen molar-refractivity contribution < 1.29 is 20.4 Å². The number of thiocarbonyl (C=S) groups is 4. The molecule has 0 aliphatic carbocycles. The summed E-state index contributed by atoms with van der Waals surface area (Å²) in [6, 6.07) is 0. The molecule has 0 aromatic heterocycles. The molecule has 0 radical (unpaired) electrons. The van der Waals surface area contributed by atoms with Crippen molar-refractivity contribution in [3.63, 3.8) is 0 Å². The fourth-order valence-corrected chi connectivity index (χ4v) is 1.67. The van der Waals surface area contributed by atoms with Crippen LogP contribution in [0.5, 0.6) is 0 Å². The zero-order chi connectivity index (χ0) is 20.0. The minimum atomic E-state index is 0.123. The van der Waals surface area contributed by atoms with Crippen molar-refractivity contribution in [3.05, 3.63) is 0 Å². The van der Waals surface area contributed by atoms with E-state index in [9.17, 15) is 0 Å². The van der Waals surface area contributed by atoms with Crippen LogP contribution in [0, 0.1) is 0 Å². The Bertz CT molecular complexity index is 270. The predicted octanol–water partition coefficient (Wildman–Crippen LogP) is 6.69. The monoisotopic (exact) mass is 416 g/mol. The summed E-state index contributed by atoms with van der Waals surface area (Å²) in [5, 5.41) is 33.6. The van der Waals surface area contributed by atoms with E-state index >= 15 is 0 Å². The number of aliphatic hydroxyl groups excluding tert-OH is 4. The summed E-state index contributed by atoms with van der Waals surface area (Å²) in [5.74, 6) is 0. The fourth-order valence-electron chi connectivity index (χ4n) is 0.855. The zero-order valence-electron chi connectivity index (χ0n) is 15.1. The van der Waals surface area contributed by atoms with Crippen LogP contribution in [0.4, 0.5) is 0 Å². The number of hydrogen-bond donors (Lipinski definition) is 4. The first kappa shape index (κ1) is 31.3. The molecule has 0 saturated carbocycles. The third-order valence-electron chi connectivity index (χ3n) is 1.86. The highest BCUT2D eigenvalue weighted by molar-refractivity contribution is 7.80. The molecule has 0 aromatic carbocycles. The van der Waals surface area contributed by atoms with Crippen LogP contribution < -0.4 is 0 Å². The van der Waals surface area contributed by atoms with E-state index in [1.165, 1.54) is 0 Å². The summed E-state index contributed by atoms with van der Waals surface area (Å²) in [4.78, 5) is 0. The summed E-state index contributed by atoms with van der Waals surface area (Å²) in [5.41, 5.74) is 0. The van der Waals surface area contributed by atoms with Crippen molar-refractivity contribution in [2.45, 2.75) is 79.1 Å². The van der Waals surface area contributed by atoms with Crippen LogP contribution in [0.25, 0.3) is 0 Å². The van der Waals surface area contributed by atoms with E-state index in [1.54, 1.807) is 0 Å². The summed E-state index contributed by atoms with van der Waals surface area (Å²) in [7, 11) is 0. The Morgan fingerprint density at radius 1 is 0.458 bits per heavy atom. The van der Waals surface area contributed by atoms with Gasteiger partial charge < -0.3 is 20.4 Å². The van der Waals surface area contributed by atoms with Crippen LogP contribution in [0.15, 0.2) is 0 Å². The largest absolute Gasteiger partial charge is 0.502 e. The molecule has 0 atom stereocenters. The molecular weight excluding hydrogens is 384 g/mol. The van der Waals surface area contributed by atoms with Crippen molar-refractivity contribution in [1.29, 1.82) is 0 Å². The van der Waals surface area contributed by atoms with Gasteiger partial charge in [-0.3, -0.25) is 0 Å². The van der Waals surface area contributed by atoms with Crippen molar-refractivity contribution >= 4 is 69.1 Å². The lowest BCUT2D eigenvalue weighted by molar-refractivity contribution is 0.546. The van der Waals surface area contributed by atoms with Gasteiger partial charge in [0.1, 0.15) is 0 Å². The maximum absolute atomic E-state index is 8.28. The average Bonchev–Trinajstić information content (AvgIpc) is 2.39. The average molecular weight is 417 g/mol. The molecule has 4 N–H and O–H groups in total. The molecule has 8 heteroatoms. The Morgan fingerprint density at radius 3 is 0.583 bits per heavy atom. The van der Waals surface area contributed by atoms with Gasteiger partial charge in [0.15, 0.2) is 20.2 Å². The Labute approximate surface area is 168 Å². The molecule has 0 amide bonds. The van der Waals surface area contributed by atoms with Crippen LogP contribution in [0.2, 0.25) is 0 Å². The highest BCUT2D eigenvalue weighted by Crippen LogP contribution is 1.87.